The molecular weight excluding hydrogens is 989 g/mol. The number of hydrogen-bond donors (Lipinski definition) is 4. The molecule has 1 fully saturated rings. The zero-order chi connectivity index (χ0) is 52.5. The van der Waals surface area contributed by atoms with Crippen LogP contribution in [0, 0.1) is 38.9 Å². The number of aromatic nitrogens is 4. The number of nitrogens with one attached hydrogen (secondary N) is 3. The lowest BCUT2D eigenvalue weighted by molar-refractivity contribution is -0.144. The molecule has 5 heterocycles. The predicted octanol–water partition coefficient (Wildman–Crippen LogP) is 8.65. The lowest BCUT2D eigenvalue weighted by atomic mass is 9.85. The number of aryl methyl sites for hydroxylation is 4. The molecule has 6 atom stereocenters. The van der Waals surface area contributed by atoms with E-state index in [-0.39, 0.29) is 56.5 Å². The Hall–Kier alpha value is -6.34. The predicted molar refractivity (Wildman–Crippen MR) is 282 cm³/mol. The van der Waals surface area contributed by atoms with Crippen LogP contribution in [-0.2, 0) is 25.6 Å². The van der Waals surface area contributed by atoms with E-state index in [1.807, 2.05) is 94.6 Å². The van der Waals surface area contributed by atoms with Crippen LogP contribution in [0.15, 0.2) is 77.2 Å². The molecule has 0 aliphatic carbocycles. The summed E-state index contributed by atoms with van der Waals surface area (Å²) >= 11 is 9.45. The number of thiophene rings is 1. The van der Waals surface area contributed by atoms with Gasteiger partial charge in [-0.3, -0.25) is 28.7 Å². The molecule has 2 aliphatic rings. The Morgan fingerprint density at radius 1 is 0.945 bits per heavy atom. The minimum Gasteiger partial charge on any atom is -0.489 e. The molecule has 15 nitrogen and oxygen atoms in total. The van der Waals surface area contributed by atoms with E-state index in [1.165, 1.54) is 17.0 Å². The third kappa shape index (κ3) is 12.0. The number of hydrogen-bond acceptors (Lipinski definition) is 12. The number of likely N-dealkylation sites (tertiary alicyclic amines) is 1. The summed E-state index contributed by atoms with van der Waals surface area (Å²) in [6, 6.07) is 16.5. The zero-order valence-electron chi connectivity index (χ0n) is 42.4. The minimum absolute atomic E-state index is 0.0250. The van der Waals surface area contributed by atoms with Crippen LogP contribution in [-0.4, -0.2) is 96.5 Å². The highest BCUT2D eigenvalue weighted by Crippen LogP contribution is 2.40. The van der Waals surface area contributed by atoms with Crippen LogP contribution >= 0.6 is 34.3 Å². The molecule has 73 heavy (non-hydrogen) atoms. The molecule has 2 unspecified atom stereocenters. The van der Waals surface area contributed by atoms with Crippen LogP contribution in [0.1, 0.15) is 116 Å². The van der Waals surface area contributed by atoms with Crippen molar-refractivity contribution < 1.29 is 33.4 Å². The van der Waals surface area contributed by atoms with E-state index in [0.717, 1.165) is 54.0 Å². The van der Waals surface area contributed by atoms with Gasteiger partial charge in [0.1, 0.15) is 46.6 Å². The van der Waals surface area contributed by atoms with Crippen molar-refractivity contribution in [1.82, 2.24) is 40.6 Å². The molecule has 0 radical (unpaired) electrons. The Bertz CT molecular complexity index is 3060. The van der Waals surface area contributed by atoms with Crippen molar-refractivity contribution in [3.63, 3.8) is 0 Å². The second-order valence-corrected chi connectivity index (χ2v) is 22.5. The minimum atomic E-state index is -1.03. The first-order valence-electron chi connectivity index (χ1n) is 24.3. The van der Waals surface area contributed by atoms with Crippen LogP contribution in [0.3, 0.4) is 0 Å². The number of carbonyl (C=O) groups is 4. The number of carbonyl (C=O) groups excluding carboxylic acids is 4. The van der Waals surface area contributed by atoms with E-state index >= 15 is 4.39 Å². The summed E-state index contributed by atoms with van der Waals surface area (Å²) in [5.41, 5.74) is 8.01. The Morgan fingerprint density at radius 3 is 2.34 bits per heavy atom. The van der Waals surface area contributed by atoms with E-state index in [4.69, 9.17) is 21.3 Å². The SMILES string of the molecule is Cc1ncsc1-c1ccc([C@H](C)NC(=O)[C@@H]2C[C@@H](O)CN2C(=O)C(NC(=O)CCc2cc(F)cc(OC(C)CNC(=O)C[C@@H]3N=C(c4ccc(Cl)cc4)c4c(sc(C)c4C)-n4c(C)nnc43)c2)C(C)(C)C)cc1. The summed E-state index contributed by atoms with van der Waals surface area (Å²) in [6.07, 6.45) is -1.43. The highest BCUT2D eigenvalue weighted by atomic mass is 35.5. The highest BCUT2D eigenvalue weighted by molar-refractivity contribution is 7.15. The number of β-amino-alcohol motifs (C(OH)–C–C–N with tert-alkyl or cyclic N) is 1. The Balaban J connectivity index is 0.862. The monoisotopic (exact) mass is 1050 g/mol. The molecule has 3 aromatic heterocycles. The number of thiazole rings is 1. The van der Waals surface area contributed by atoms with E-state index in [0.29, 0.717) is 22.2 Å². The largest absolute Gasteiger partial charge is 0.489 e. The van der Waals surface area contributed by atoms with E-state index in [1.54, 1.807) is 41.2 Å². The standard InChI is InChI=1S/C54H61ClFN9O6S2/c1-28(25-57-45(68)24-42-50-63-62-33(6)65(50)53-46(29(2)32(5)73-53)47(60-42)36-15-17-38(55)18-16-36)71-41-21-34(20-39(56)22-41)10-19-44(67)61-49(54(7,8)9)52(70)64-26-40(66)23-43(64)51(69)59-30(3)35-11-13-37(14-12-35)48-31(4)58-27-72-48/h11-18,20-22,27-28,30,40,42-43,49,66H,10,19,23-26H2,1-9H3,(H,57,68)(H,59,69)(H,61,67)/t28?,30-,40+,42-,43-,49?/m0/s1. The lowest BCUT2D eigenvalue weighted by Gasteiger charge is -2.35. The summed E-state index contributed by atoms with van der Waals surface area (Å²) in [4.78, 5) is 68.4. The lowest BCUT2D eigenvalue weighted by Crippen LogP contribution is -2.57. The van der Waals surface area contributed by atoms with Gasteiger partial charge in [-0.2, -0.15) is 0 Å². The number of aliphatic hydroxyl groups excluding tert-OH is 1. The van der Waals surface area contributed by atoms with Crippen molar-refractivity contribution >= 4 is 63.6 Å². The molecular formula is C54H61ClFN9O6S2. The molecule has 1 saturated heterocycles. The Labute approximate surface area is 437 Å². The molecule has 0 bridgehead atoms. The number of aliphatic hydroxyl groups is 1. The molecule has 0 spiro atoms. The molecule has 384 valence electrons. The number of nitrogens with zero attached hydrogens (tertiary/aromatic N) is 6. The van der Waals surface area contributed by atoms with Crippen molar-refractivity contribution in [2.75, 3.05) is 13.1 Å². The number of benzene rings is 3. The third-order valence-electron chi connectivity index (χ3n) is 13.3. The molecule has 19 heteroatoms. The van der Waals surface area contributed by atoms with Gasteiger partial charge in [0.2, 0.25) is 23.6 Å². The van der Waals surface area contributed by atoms with Crippen LogP contribution < -0.4 is 20.7 Å². The second-order valence-electron chi connectivity index (χ2n) is 20.0. The number of halogens is 2. The maximum atomic E-state index is 15.1. The summed E-state index contributed by atoms with van der Waals surface area (Å²) in [5.74, 6) is -0.749. The van der Waals surface area contributed by atoms with Gasteiger partial charge in [-0.1, -0.05) is 68.8 Å². The van der Waals surface area contributed by atoms with Crippen molar-refractivity contribution in [2.24, 2.45) is 10.4 Å². The second kappa shape index (κ2) is 22.0. The summed E-state index contributed by atoms with van der Waals surface area (Å²) in [6.45, 7) is 17.1. The quantitative estimate of drug-likeness (QED) is 0.0735. The van der Waals surface area contributed by atoms with Crippen molar-refractivity contribution in [1.29, 1.82) is 0 Å². The van der Waals surface area contributed by atoms with Crippen LogP contribution in [0.5, 0.6) is 5.75 Å². The molecule has 0 saturated carbocycles. The Kier molecular flexibility index (Phi) is 16.0. The van der Waals surface area contributed by atoms with Gasteiger partial charge in [-0.25, -0.2) is 9.37 Å². The van der Waals surface area contributed by atoms with Crippen LogP contribution in [0.2, 0.25) is 5.02 Å². The fourth-order valence-electron chi connectivity index (χ4n) is 9.25. The normalized spacial score (nSPS) is 17.7. The third-order valence-corrected chi connectivity index (χ3v) is 15.7. The van der Waals surface area contributed by atoms with E-state index in [2.05, 4.69) is 45.0 Å². The number of ether oxygens (including phenoxy) is 1. The maximum Gasteiger partial charge on any atom is 0.246 e. The first kappa shape index (κ1) is 53.0. The number of fused-ring (bicyclic) bond motifs is 3. The van der Waals surface area contributed by atoms with Gasteiger partial charge in [0, 0.05) is 46.5 Å². The summed E-state index contributed by atoms with van der Waals surface area (Å²) < 4.78 is 23.1. The number of rotatable bonds is 16. The first-order chi connectivity index (χ1) is 34.6. The van der Waals surface area contributed by atoms with Gasteiger partial charge in [0.25, 0.3) is 0 Å². The number of amides is 4. The zero-order valence-corrected chi connectivity index (χ0v) is 44.8. The summed E-state index contributed by atoms with van der Waals surface area (Å²) in [5, 5.41) is 30.0. The fourth-order valence-corrected chi connectivity index (χ4v) is 11.4. The van der Waals surface area contributed by atoms with Crippen LogP contribution in [0.25, 0.3) is 15.4 Å². The van der Waals surface area contributed by atoms with Crippen LogP contribution in [0.4, 0.5) is 4.39 Å². The van der Waals surface area contributed by atoms with Crippen molar-refractivity contribution in [3.05, 3.63) is 133 Å². The van der Waals surface area contributed by atoms with Gasteiger partial charge in [0.05, 0.1) is 46.9 Å². The molecule has 8 rings (SSSR count). The summed E-state index contributed by atoms with van der Waals surface area (Å²) in [7, 11) is 0. The molecule has 3 aromatic carbocycles. The Morgan fingerprint density at radius 2 is 1.66 bits per heavy atom. The highest BCUT2D eigenvalue weighted by Gasteiger charge is 2.45. The molecule has 4 amide bonds. The molecule has 6 aromatic rings. The van der Waals surface area contributed by atoms with E-state index < -0.39 is 59.3 Å². The smallest absolute Gasteiger partial charge is 0.246 e. The first-order valence-corrected chi connectivity index (χ1v) is 26.4. The van der Waals surface area contributed by atoms with Gasteiger partial charge in [-0.15, -0.1) is 32.9 Å². The molecule has 2 aliphatic heterocycles. The van der Waals surface area contributed by atoms with Crippen molar-refractivity contribution in [3.8, 4) is 21.2 Å². The maximum absolute atomic E-state index is 15.1. The van der Waals surface area contributed by atoms with Gasteiger partial charge in [-0.05, 0) is 99.9 Å². The van der Waals surface area contributed by atoms with Gasteiger partial charge in [0.15, 0.2) is 5.82 Å². The number of aliphatic imine (C=N–C) groups is 1. The van der Waals surface area contributed by atoms with Gasteiger partial charge < -0.3 is 30.7 Å². The molecule has 4 N–H and O–H groups in total. The van der Waals surface area contributed by atoms with Crippen molar-refractivity contribution in [2.45, 2.75) is 124 Å². The van der Waals surface area contributed by atoms with Gasteiger partial charge >= 0.3 is 0 Å². The average molecular weight is 1050 g/mol. The fraction of sp³-hybridized carbons (Fsp3) is 0.407. The van der Waals surface area contributed by atoms with E-state index in [9.17, 15) is 24.3 Å². The topological polar surface area (TPSA) is 193 Å². The average Bonchev–Trinajstić information content (AvgIpc) is 4.11.